The second-order valence-electron chi connectivity index (χ2n) is 4.16. The van der Waals surface area contributed by atoms with E-state index >= 15 is 0 Å². The zero-order chi connectivity index (χ0) is 15.7. The summed E-state index contributed by atoms with van der Waals surface area (Å²) in [5, 5.41) is 5.18. The van der Waals surface area contributed by atoms with Crippen LogP contribution in [0.2, 0.25) is 0 Å². The Labute approximate surface area is 127 Å². The molecule has 0 atom stereocenters. The fourth-order valence-electron chi connectivity index (χ4n) is 1.41. The zero-order valence-electron chi connectivity index (χ0n) is 12.0. The summed E-state index contributed by atoms with van der Waals surface area (Å²) in [7, 11) is 1.30. The highest BCUT2D eigenvalue weighted by Gasteiger charge is 2.09. The number of esters is 1. The van der Waals surface area contributed by atoms with Crippen LogP contribution in [-0.4, -0.2) is 38.0 Å². The number of hydrogen-bond acceptors (Lipinski definition) is 5. The number of rotatable bonds is 7. The van der Waals surface area contributed by atoms with Crippen LogP contribution in [0, 0.1) is 6.92 Å². The number of carbonyl (C=O) groups excluding carboxylic acids is 3. The molecule has 0 aliphatic heterocycles. The van der Waals surface area contributed by atoms with Crippen molar-refractivity contribution in [2.24, 2.45) is 0 Å². The largest absolute Gasteiger partial charge is 0.466 e. The number of amides is 2. The van der Waals surface area contributed by atoms with Crippen molar-refractivity contribution < 1.29 is 19.1 Å². The maximum atomic E-state index is 11.7. The Morgan fingerprint density at radius 3 is 2.67 bits per heavy atom. The molecule has 0 aliphatic rings. The van der Waals surface area contributed by atoms with Gasteiger partial charge in [0.05, 0.1) is 18.5 Å². The summed E-state index contributed by atoms with van der Waals surface area (Å²) >= 11 is 1.38. The van der Waals surface area contributed by atoms with Crippen LogP contribution in [0.3, 0.4) is 0 Å². The van der Waals surface area contributed by atoms with Crippen molar-refractivity contribution in [1.29, 1.82) is 0 Å². The Kier molecular flexibility index (Phi) is 7.17. The predicted molar refractivity (Wildman–Crippen MR) is 80.2 cm³/mol. The highest BCUT2D eigenvalue weighted by molar-refractivity contribution is 7.13. The Balaban J connectivity index is 2.18. The first-order chi connectivity index (χ1) is 10.0. The quantitative estimate of drug-likeness (QED) is 0.447. The molecule has 2 N–H and O–H groups in total. The topological polar surface area (TPSA) is 84.5 Å². The van der Waals surface area contributed by atoms with Crippen LogP contribution in [-0.2, 0) is 14.3 Å². The van der Waals surface area contributed by atoms with Crippen molar-refractivity contribution >= 4 is 29.1 Å². The maximum absolute atomic E-state index is 11.7. The van der Waals surface area contributed by atoms with Crippen LogP contribution in [0.4, 0.5) is 0 Å². The molecule has 7 heteroatoms. The SMILES string of the molecule is COC(=O)/C=C/CCNC(=O)CNC(=O)c1ccc(C)s1. The van der Waals surface area contributed by atoms with Crippen molar-refractivity contribution in [3.8, 4) is 0 Å². The van der Waals surface area contributed by atoms with Crippen LogP contribution in [0.1, 0.15) is 21.0 Å². The molecule has 1 heterocycles. The summed E-state index contributed by atoms with van der Waals surface area (Å²) in [6, 6.07) is 3.58. The van der Waals surface area contributed by atoms with E-state index in [2.05, 4.69) is 15.4 Å². The molecule has 0 fully saturated rings. The second-order valence-corrected chi connectivity index (χ2v) is 5.45. The Morgan fingerprint density at radius 2 is 2.05 bits per heavy atom. The number of carbonyl (C=O) groups is 3. The first-order valence-electron chi connectivity index (χ1n) is 6.38. The van der Waals surface area contributed by atoms with E-state index in [0.717, 1.165) is 4.88 Å². The van der Waals surface area contributed by atoms with Crippen molar-refractivity contribution in [3.05, 3.63) is 34.0 Å². The van der Waals surface area contributed by atoms with Crippen LogP contribution < -0.4 is 10.6 Å². The smallest absolute Gasteiger partial charge is 0.330 e. The lowest BCUT2D eigenvalue weighted by Gasteiger charge is -2.04. The molecule has 0 radical (unpaired) electrons. The molecule has 0 unspecified atom stereocenters. The van der Waals surface area contributed by atoms with E-state index < -0.39 is 5.97 Å². The van der Waals surface area contributed by atoms with Gasteiger partial charge in [-0.05, 0) is 25.5 Å². The molecule has 0 aliphatic carbocycles. The number of methoxy groups -OCH3 is 1. The lowest BCUT2D eigenvalue weighted by Crippen LogP contribution is -2.36. The van der Waals surface area contributed by atoms with Gasteiger partial charge in [0.1, 0.15) is 0 Å². The van der Waals surface area contributed by atoms with E-state index in [1.165, 1.54) is 24.5 Å². The van der Waals surface area contributed by atoms with Gasteiger partial charge < -0.3 is 15.4 Å². The fraction of sp³-hybridized carbons (Fsp3) is 0.357. The van der Waals surface area contributed by atoms with E-state index in [1.807, 2.05) is 13.0 Å². The monoisotopic (exact) mass is 310 g/mol. The van der Waals surface area contributed by atoms with E-state index in [0.29, 0.717) is 17.8 Å². The minimum Gasteiger partial charge on any atom is -0.466 e. The molecule has 0 aromatic carbocycles. The molecule has 21 heavy (non-hydrogen) atoms. The highest BCUT2D eigenvalue weighted by atomic mass is 32.1. The molecule has 0 saturated carbocycles. The molecule has 2 amide bonds. The standard InChI is InChI=1S/C14H18N2O4S/c1-10-6-7-11(21-10)14(19)16-9-12(17)15-8-4-3-5-13(18)20-2/h3,5-7H,4,8-9H2,1-2H3,(H,15,17)(H,16,19)/b5-3+. The van der Waals surface area contributed by atoms with Gasteiger partial charge in [-0.2, -0.15) is 0 Å². The average Bonchev–Trinajstić information content (AvgIpc) is 2.90. The van der Waals surface area contributed by atoms with E-state index in [-0.39, 0.29) is 18.4 Å². The number of nitrogens with one attached hydrogen (secondary N) is 2. The predicted octanol–water partition coefficient (Wildman–Crippen LogP) is 1.02. The molecule has 1 aromatic heterocycles. The molecular formula is C14H18N2O4S. The van der Waals surface area contributed by atoms with Crippen LogP contribution in [0.15, 0.2) is 24.3 Å². The number of ether oxygens (including phenoxy) is 1. The van der Waals surface area contributed by atoms with Gasteiger partial charge in [-0.3, -0.25) is 9.59 Å². The van der Waals surface area contributed by atoms with Crippen molar-refractivity contribution in [2.75, 3.05) is 20.2 Å². The molecule has 0 saturated heterocycles. The first-order valence-corrected chi connectivity index (χ1v) is 7.20. The third-order valence-electron chi connectivity index (χ3n) is 2.46. The summed E-state index contributed by atoms with van der Waals surface area (Å²) in [4.78, 5) is 35.6. The number of aryl methyl sites for hydroxylation is 1. The minimum atomic E-state index is -0.431. The Morgan fingerprint density at radius 1 is 1.29 bits per heavy atom. The summed E-state index contributed by atoms with van der Waals surface area (Å²) < 4.78 is 4.43. The average molecular weight is 310 g/mol. The molecule has 1 aromatic rings. The number of hydrogen-bond donors (Lipinski definition) is 2. The molecular weight excluding hydrogens is 292 g/mol. The third kappa shape index (κ3) is 6.71. The van der Waals surface area contributed by atoms with E-state index in [1.54, 1.807) is 12.1 Å². The zero-order valence-corrected chi connectivity index (χ0v) is 12.8. The Bertz CT molecular complexity index is 537. The first kappa shape index (κ1) is 16.9. The summed E-state index contributed by atoms with van der Waals surface area (Å²) in [5.41, 5.74) is 0. The van der Waals surface area contributed by atoms with Crippen molar-refractivity contribution in [3.63, 3.8) is 0 Å². The van der Waals surface area contributed by atoms with Gasteiger partial charge in [-0.25, -0.2) is 4.79 Å². The van der Waals surface area contributed by atoms with Gasteiger partial charge in [0.25, 0.3) is 5.91 Å². The molecule has 0 spiro atoms. The van der Waals surface area contributed by atoms with Crippen LogP contribution in [0.25, 0.3) is 0 Å². The Hall–Kier alpha value is -2.15. The van der Waals surface area contributed by atoms with E-state index in [9.17, 15) is 14.4 Å². The summed E-state index contributed by atoms with van der Waals surface area (Å²) in [6.07, 6.45) is 3.42. The molecule has 1 rings (SSSR count). The van der Waals surface area contributed by atoms with Crippen LogP contribution >= 0.6 is 11.3 Å². The normalized spacial score (nSPS) is 10.4. The molecule has 6 nitrogen and oxygen atoms in total. The van der Waals surface area contributed by atoms with Gasteiger partial charge >= 0.3 is 5.97 Å². The summed E-state index contributed by atoms with van der Waals surface area (Å²) in [5.74, 6) is -0.961. The molecule has 0 bridgehead atoms. The minimum absolute atomic E-state index is 0.0729. The van der Waals surface area contributed by atoms with Gasteiger partial charge in [-0.1, -0.05) is 6.08 Å². The van der Waals surface area contributed by atoms with Gasteiger partial charge in [0.15, 0.2) is 0 Å². The fourth-order valence-corrected chi connectivity index (χ4v) is 2.19. The number of thiophene rings is 1. The summed E-state index contributed by atoms with van der Waals surface area (Å²) in [6.45, 7) is 2.23. The van der Waals surface area contributed by atoms with Crippen LogP contribution in [0.5, 0.6) is 0 Å². The van der Waals surface area contributed by atoms with Gasteiger partial charge in [0, 0.05) is 17.5 Å². The van der Waals surface area contributed by atoms with Gasteiger partial charge in [0.2, 0.25) is 5.91 Å². The lowest BCUT2D eigenvalue weighted by atomic mass is 10.3. The second kappa shape index (κ2) is 8.91. The van der Waals surface area contributed by atoms with Gasteiger partial charge in [-0.15, -0.1) is 11.3 Å². The molecule has 114 valence electrons. The highest BCUT2D eigenvalue weighted by Crippen LogP contribution is 2.14. The third-order valence-corrected chi connectivity index (χ3v) is 3.46. The maximum Gasteiger partial charge on any atom is 0.330 e. The van der Waals surface area contributed by atoms with Crippen molar-refractivity contribution in [1.82, 2.24) is 10.6 Å². The lowest BCUT2D eigenvalue weighted by molar-refractivity contribution is -0.134. The van der Waals surface area contributed by atoms with Crippen molar-refractivity contribution in [2.45, 2.75) is 13.3 Å². The van der Waals surface area contributed by atoms with E-state index in [4.69, 9.17) is 0 Å².